The van der Waals surface area contributed by atoms with Crippen molar-refractivity contribution in [1.82, 2.24) is 5.32 Å². The Bertz CT molecular complexity index is 447. The molecule has 0 spiro atoms. The molecule has 1 aromatic rings. The highest BCUT2D eigenvalue weighted by Crippen LogP contribution is 2.11. The largest absolute Gasteiger partial charge is 0.493 e. The average Bonchev–Trinajstić information content (AvgIpc) is 2.40. The molecule has 1 atom stereocenters. The Balaban J connectivity index is 2.32. The van der Waals surface area contributed by atoms with Crippen molar-refractivity contribution in [2.75, 3.05) is 6.61 Å². The number of hydrogen-bond donors (Lipinski definition) is 2. The first kappa shape index (κ1) is 15.9. The number of halogens is 1. The monoisotopic (exact) mass is 283 g/mol. The number of carbonyl (C=O) groups excluding carboxylic acids is 1. The molecule has 0 heterocycles. The maximum absolute atomic E-state index is 12.7. The highest BCUT2D eigenvalue weighted by Gasteiger charge is 2.18. The van der Waals surface area contributed by atoms with Gasteiger partial charge >= 0.3 is 5.97 Å². The first-order valence-corrected chi connectivity index (χ1v) is 6.43. The minimum atomic E-state index is -1.04. The smallest absolute Gasteiger partial charge is 0.326 e. The molecule has 0 aliphatic rings. The minimum Gasteiger partial charge on any atom is -0.493 e. The summed E-state index contributed by atoms with van der Waals surface area (Å²) < 4.78 is 17.9. The van der Waals surface area contributed by atoms with Crippen molar-refractivity contribution in [1.29, 1.82) is 0 Å². The van der Waals surface area contributed by atoms with E-state index in [0.29, 0.717) is 18.6 Å². The predicted octanol–water partition coefficient (Wildman–Crippen LogP) is 1.96. The van der Waals surface area contributed by atoms with Gasteiger partial charge < -0.3 is 15.2 Å². The van der Waals surface area contributed by atoms with Crippen molar-refractivity contribution < 1.29 is 23.8 Å². The van der Waals surface area contributed by atoms with E-state index in [9.17, 15) is 14.0 Å². The van der Waals surface area contributed by atoms with Gasteiger partial charge in [-0.15, -0.1) is 0 Å². The summed E-state index contributed by atoms with van der Waals surface area (Å²) in [5.41, 5.74) is 0. The normalized spacial score (nSPS) is 11.7. The van der Waals surface area contributed by atoms with Gasteiger partial charge in [0, 0.05) is 0 Å². The summed E-state index contributed by atoms with van der Waals surface area (Å²) >= 11 is 0. The molecule has 0 aliphatic carbocycles. The second-order valence-electron chi connectivity index (χ2n) is 4.30. The molecule has 1 aromatic carbocycles. The van der Waals surface area contributed by atoms with Gasteiger partial charge in [-0.05, 0) is 30.7 Å². The van der Waals surface area contributed by atoms with Crippen LogP contribution in [0.3, 0.4) is 0 Å². The molecule has 0 saturated heterocycles. The highest BCUT2D eigenvalue weighted by atomic mass is 19.1. The van der Waals surface area contributed by atoms with Crippen LogP contribution >= 0.6 is 0 Å². The van der Waals surface area contributed by atoms with Crippen LogP contribution in [-0.2, 0) is 9.59 Å². The number of carboxylic acids is 1. The van der Waals surface area contributed by atoms with Crippen molar-refractivity contribution in [2.24, 2.45) is 0 Å². The van der Waals surface area contributed by atoms with E-state index >= 15 is 0 Å². The molecular formula is C14H18FNO4. The van der Waals surface area contributed by atoms with Crippen molar-refractivity contribution in [3.8, 4) is 5.75 Å². The number of benzene rings is 1. The van der Waals surface area contributed by atoms with E-state index in [4.69, 9.17) is 9.84 Å². The maximum Gasteiger partial charge on any atom is 0.326 e. The van der Waals surface area contributed by atoms with Crippen LogP contribution in [0.15, 0.2) is 24.3 Å². The van der Waals surface area contributed by atoms with Gasteiger partial charge in [-0.25, -0.2) is 9.18 Å². The minimum absolute atomic E-state index is 0.0465. The zero-order valence-electron chi connectivity index (χ0n) is 11.3. The quantitative estimate of drug-likeness (QED) is 0.764. The number of carbonyl (C=O) groups is 2. The summed E-state index contributed by atoms with van der Waals surface area (Å²) in [6.45, 7) is 1.95. The molecule has 0 aromatic heterocycles. The maximum atomic E-state index is 12.7. The topological polar surface area (TPSA) is 75.6 Å². The zero-order valence-corrected chi connectivity index (χ0v) is 11.3. The lowest BCUT2D eigenvalue weighted by Gasteiger charge is -2.13. The molecule has 0 saturated carbocycles. The summed E-state index contributed by atoms with van der Waals surface area (Å²) in [7, 11) is 0. The zero-order chi connectivity index (χ0) is 15.0. The van der Waals surface area contributed by atoms with Crippen LogP contribution in [0, 0.1) is 5.82 Å². The summed E-state index contributed by atoms with van der Waals surface area (Å²) in [4.78, 5) is 22.4. The first-order chi connectivity index (χ1) is 9.52. The Labute approximate surface area is 116 Å². The second kappa shape index (κ2) is 8.14. The van der Waals surface area contributed by atoms with Gasteiger partial charge in [-0.3, -0.25) is 4.79 Å². The van der Waals surface area contributed by atoms with Gasteiger partial charge in [-0.2, -0.15) is 0 Å². The Hall–Kier alpha value is -2.11. The molecule has 0 fully saturated rings. The molecule has 20 heavy (non-hydrogen) atoms. The number of ether oxygens (including phenoxy) is 1. The van der Waals surface area contributed by atoms with Crippen LogP contribution in [0.2, 0.25) is 0 Å². The van der Waals surface area contributed by atoms with Crippen LogP contribution < -0.4 is 10.1 Å². The number of aliphatic carboxylic acids is 1. The number of nitrogens with one attached hydrogen (secondary N) is 1. The van der Waals surface area contributed by atoms with Crippen LogP contribution in [0.4, 0.5) is 4.39 Å². The number of carboxylic acid groups (broad SMARTS) is 1. The Morgan fingerprint density at radius 1 is 1.35 bits per heavy atom. The van der Waals surface area contributed by atoms with E-state index < -0.39 is 12.0 Å². The molecule has 0 radical (unpaired) electrons. The van der Waals surface area contributed by atoms with E-state index in [1.54, 1.807) is 0 Å². The van der Waals surface area contributed by atoms with Gasteiger partial charge in [0.15, 0.2) is 0 Å². The Kier molecular flexibility index (Phi) is 6.49. The third-order valence-electron chi connectivity index (χ3n) is 2.62. The average molecular weight is 283 g/mol. The van der Waals surface area contributed by atoms with E-state index in [1.807, 2.05) is 6.92 Å². The molecule has 1 unspecified atom stereocenters. The molecule has 0 bridgehead atoms. The van der Waals surface area contributed by atoms with E-state index in [-0.39, 0.29) is 24.8 Å². The Morgan fingerprint density at radius 2 is 2.00 bits per heavy atom. The molecule has 5 nitrogen and oxygen atoms in total. The molecular weight excluding hydrogens is 265 g/mol. The van der Waals surface area contributed by atoms with Crippen molar-refractivity contribution in [2.45, 2.75) is 32.2 Å². The molecule has 2 N–H and O–H groups in total. The van der Waals surface area contributed by atoms with Crippen molar-refractivity contribution in [3.05, 3.63) is 30.1 Å². The van der Waals surface area contributed by atoms with E-state index in [0.717, 1.165) is 0 Å². The van der Waals surface area contributed by atoms with Gasteiger partial charge in [-0.1, -0.05) is 13.3 Å². The lowest BCUT2D eigenvalue weighted by molar-refractivity contribution is -0.142. The predicted molar refractivity (Wildman–Crippen MR) is 71.0 cm³/mol. The van der Waals surface area contributed by atoms with Gasteiger partial charge in [0.2, 0.25) is 5.91 Å². The molecule has 110 valence electrons. The standard InChI is InChI=1S/C14H18FNO4/c1-2-3-12(14(18)19)16-13(17)8-9-20-11-6-4-10(15)5-7-11/h4-7,12H,2-3,8-9H2,1H3,(H,16,17)(H,18,19). The van der Waals surface area contributed by atoms with Crippen LogP contribution in [-0.4, -0.2) is 29.6 Å². The third-order valence-corrected chi connectivity index (χ3v) is 2.62. The fourth-order valence-electron chi connectivity index (χ4n) is 1.60. The van der Waals surface area contributed by atoms with Gasteiger partial charge in [0.25, 0.3) is 0 Å². The lowest BCUT2D eigenvalue weighted by atomic mass is 10.1. The first-order valence-electron chi connectivity index (χ1n) is 6.43. The van der Waals surface area contributed by atoms with Crippen LogP contribution in [0.1, 0.15) is 26.2 Å². The van der Waals surface area contributed by atoms with Gasteiger partial charge in [0.05, 0.1) is 13.0 Å². The van der Waals surface area contributed by atoms with Gasteiger partial charge in [0.1, 0.15) is 17.6 Å². The summed E-state index contributed by atoms with van der Waals surface area (Å²) in [6, 6.07) is 4.58. The third kappa shape index (κ3) is 5.69. The summed E-state index contributed by atoms with van der Waals surface area (Å²) in [5.74, 6) is -1.32. The van der Waals surface area contributed by atoms with Crippen LogP contribution in [0.5, 0.6) is 5.75 Å². The SMILES string of the molecule is CCCC(NC(=O)CCOc1ccc(F)cc1)C(=O)O. The van der Waals surface area contributed by atoms with Crippen LogP contribution in [0.25, 0.3) is 0 Å². The number of amides is 1. The fraction of sp³-hybridized carbons (Fsp3) is 0.429. The lowest BCUT2D eigenvalue weighted by Crippen LogP contribution is -2.41. The Morgan fingerprint density at radius 3 is 2.55 bits per heavy atom. The molecule has 1 amide bonds. The fourth-order valence-corrected chi connectivity index (χ4v) is 1.60. The molecule has 1 rings (SSSR count). The van der Waals surface area contributed by atoms with E-state index in [1.165, 1.54) is 24.3 Å². The number of hydrogen-bond acceptors (Lipinski definition) is 3. The van der Waals surface area contributed by atoms with Crippen molar-refractivity contribution in [3.63, 3.8) is 0 Å². The summed E-state index contributed by atoms with van der Waals surface area (Å²) in [6.07, 6.45) is 1.11. The highest BCUT2D eigenvalue weighted by molar-refractivity contribution is 5.83. The van der Waals surface area contributed by atoms with E-state index in [2.05, 4.69) is 5.32 Å². The molecule has 0 aliphatic heterocycles. The number of rotatable bonds is 8. The summed E-state index contributed by atoms with van der Waals surface area (Å²) in [5, 5.41) is 11.3. The second-order valence-corrected chi connectivity index (χ2v) is 4.30. The molecule has 6 heteroatoms. The van der Waals surface area contributed by atoms with Crippen molar-refractivity contribution >= 4 is 11.9 Å².